The molecule has 0 saturated carbocycles. The van der Waals surface area contributed by atoms with Crippen molar-refractivity contribution in [1.29, 1.82) is 0 Å². The SMILES string of the molecule is COc1nn(C)c2ccc(C(C)N[S@+]([O-])C(C)(C)C)cc12. The van der Waals surface area contributed by atoms with Crippen molar-refractivity contribution >= 4 is 22.3 Å². The quantitative estimate of drug-likeness (QED) is 0.882. The van der Waals surface area contributed by atoms with Crippen LogP contribution in [0.5, 0.6) is 5.88 Å². The lowest BCUT2D eigenvalue weighted by atomic mass is 10.1. The summed E-state index contributed by atoms with van der Waals surface area (Å²) in [7, 11) is 3.51. The molecule has 1 aromatic carbocycles. The van der Waals surface area contributed by atoms with Crippen LogP contribution >= 0.6 is 0 Å². The molecule has 0 saturated heterocycles. The second-order valence-corrected chi connectivity index (χ2v) is 8.13. The highest BCUT2D eigenvalue weighted by Crippen LogP contribution is 2.28. The molecule has 0 fully saturated rings. The number of fused-ring (bicyclic) bond motifs is 1. The average molecular weight is 309 g/mol. The van der Waals surface area contributed by atoms with Crippen LogP contribution < -0.4 is 9.46 Å². The van der Waals surface area contributed by atoms with Gasteiger partial charge in [0.2, 0.25) is 5.88 Å². The molecule has 1 heterocycles. The number of rotatable bonds is 4. The van der Waals surface area contributed by atoms with Crippen molar-refractivity contribution in [2.24, 2.45) is 7.05 Å². The highest BCUT2D eigenvalue weighted by atomic mass is 32.2. The van der Waals surface area contributed by atoms with Gasteiger partial charge in [-0.25, -0.2) is 0 Å². The van der Waals surface area contributed by atoms with Gasteiger partial charge in [0.1, 0.15) is 4.75 Å². The highest BCUT2D eigenvalue weighted by molar-refractivity contribution is 7.90. The van der Waals surface area contributed by atoms with Gasteiger partial charge in [0.15, 0.2) is 0 Å². The number of aromatic nitrogens is 2. The molecule has 2 aromatic rings. The largest absolute Gasteiger partial charge is 0.598 e. The number of ether oxygens (including phenoxy) is 1. The fourth-order valence-electron chi connectivity index (χ4n) is 2.08. The van der Waals surface area contributed by atoms with E-state index in [0.29, 0.717) is 5.88 Å². The van der Waals surface area contributed by atoms with Gasteiger partial charge in [-0.15, -0.1) is 9.82 Å². The molecule has 0 bridgehead atoms. The van der Waals surface area contributed by atoms with Crippen LogP contribution in [0, 0.1) is 0 Å². The Labute approximate surface area is 129 Å². The highest BCUT2D eigenvalue weighted by Gasteiger charge is 2.28. The first kappa shape index (κ1) is 16.1. The summed E-state index contributed by atoms with van der Waals surface area (Å²) in [5.41, 5.74) is 2.08. The molecule has 6 heteroatoms. The molecule has 0 aliphatic rings. The van der Waals surface area contributed by atoms with Crippen LogP contribution in [0.2, 0.25) is 0 Å². The third-order valence-electron chi connectivity index (χ3n) is 3.37. The molecule has 21 heavy (non-hydrogen) atoms. The maximum atomic E-state index is 12.2. The van der Waals surface area contributed by atoms with E-state index < -0.39 is 11.4 Å². The van der Waals surface area contributed by atoms with E-state index in [9.17, 15) is 4.55 Å². The summed E-state index contributed by atoms with van der Waals surface area (Å²) in [6.45, 7) is 7.87. The smallest absolute Gasteiger partial charge is 0.240 e. The molecule has 1 aromatic heterocycles. The van der Waals surface area contributed by atoms with Crippen LogP contribution in [-0.2, 0) is 18.4 Å². The second-order valence-electron chi connectivity index (χ2n) is 6.13. The lowest BCUT2D eigenvalue weighted by molar-refractivity contribution is 0.396. The molecule has 0 radical (unpaired) electrons. The van der Waals surface area contributed by atoms with Gasteiger partial charge in [-0.05, 0) is 45.4 Å². The zero-order chi connectivity index (χ0) is 15.8. The van der Waals surface area contributed by atoms with Crippen LogP contribution in [-0.4, -0.2) is 26.2 Å². The maximum Gasteiger partial charge on any atom is 0.240 e. The summed E-state index contributed by atoms with van der Waals surface area (Å²) in [5, 5.41) is 5.29. The number of benzene rings is 1. The third kappa shape index (κ3) is 3.33. The van der Waals surface area contributed by atoms with E-state index in [1.54, 1.807) is 11.8 Å². The van der Waals surface area contributed by atoms with E-state index >= 15 is 0 Å². The predicted molar refractivity (Wildman–Crippen MR) is 86.7 cm³/mol. The van der Waals surface area contributed by atoms with Gasteiger partial charge >= 0.3 is 0 Å². The van der Waals surface area contributed by atoms with Crippen LogP contribution in [0.25, 0.3) is 10.9 Å². The van der Waals surface area contributed by atoms with Crippen molar-refractivity contribution in [2.45, 2.75) is 38.5 Å². The molecule has 2 atom stereocenters. The first-order chi connectivity index (χ1) is 9.74. The predicted octanol–water partition coefficient (Wildman–Crippen LogP) is 2.69. The maximum absolute atomic E-state index is 12.2. The number of nitrogens with one attached hydrogen (secondary N) is 1. The van der Waals surface area contributed by atoms with Crippen molar-refractivity contribution in [2.75, 3.05) is 7.11 Å². The molecule has 5 nitrogen and oxygen atoms in total. The van der Waals surface area contributed by atoms with E-state index in [0.717, 1.165) is 16.5 Å². The van der Waals surface area contributed by atoms with E-state index in [1.807, 2.05) is 52.9 Å². The minimum Gasteiger partial charge on any atom is -0.598 e. The molecular weight excluding hydrogens is 286 g/mol. The summed E-state index contributed by atoms with van der Waals surface area (Å²) in [6, 6.07) is 6.07. The average Bonchev–Trinajstić information content (AvgIpc) is 2.73. The molecule has 2 rings (SSSR count). The lowest BCUT2D eigenvalue weighted by Gasteiger charge is -2.26. The minimum absolute atomic E-state index is 0.0145. The Morgan fingerprint density at radius 3 is 2.62 bits per heavy atom. The zero-order valence-electron chi connectivity index (χ0n) is 13.4. The van der Waals surface area contributed by atoms with Crippen molar-refractivity contribution in [1.82, 2.24) is 14.5 Å². The summed E-state index contributed by atoms with van der Waals surface area (Å²) in [5.74, 6) is 0.610. The number of aryl methyl sites for hydroxylation is 1. The monoisotopic (exact) mass is 309 g/mol. The van der Waals surface area contributed by atoms with Gasteiger partial charge in [0, 0.05) is 18.4 Å². The van der Waals surface area contributed by atoms with Gasteiger partial charge in [-0.3, -0.25) is 4.68 Å². The van der Waals surface area contributed by atoms with Gasteiger partial charge in [0.25, 0.3) is 0 Å². The minimum atomic E-state index is -1.11. The van der Waals surface area contributed by atoms with Crippen LogP contribution in [0.15, 0.2) is 18.2 Å². The fourth-order valence-corrected chi connectivity index (χ4v) is 2.89. The van der Waals surface area contributed by atoms with Gasteiger partial charge in [-0.2, -0.15) is 0 Å². The number of methoxy groups -OCH3 is 1. The summed E-state index contributed by atoms with van der Waals surface area (Å²) in [4.78, 5) is 0. The van der Waals surface area contributed by atoms with Crippen LogP contribution in [0.4, 0.5) is 0 Å². The van der Waals surface area contributed by atoms with E-state index in [2.05, 4.69) is 9.82 Å². The van der Waals surface area contributed by atoms with Crippen molar-refractivity contribution in [3.8, 4) is 5.88 Å². The molecule has 0 amide bonds. The molecule has 0 spiro atoms. The van der Waals surface area contributed by atoms with E-state index in [-0.39, 0.29) is 10.8 Å². The lowest BCUT2D eigenvalue weighted by Crippen LogP contribution is -2.40. The van der Waals surface area contributed by atoms with Gasteiger partial charge in [-0.1, -0.05) is 6.07 Å². The summed E-state index contributed by atoms with van der Waals surface area (Å²) in [6.07, 6.45) is 0. The molecule has 0 aliphatic carbocycles. The third-order valence-corrected chi connectivity index (χ3v) is 5.05. The normalized spacial score (nSPS) is 15.2. The summed E-state index contributed by atoms with van der Waals surface area (Å²) < 4.78 is 22.2. The molecule has 1 unspecified atom stereocenters. The first-order valence-electron chi connectivity index (χ1n) is 6.92. The molecule has 116 valence electrons. The number of hydrogen-bond acceptors (Lipinski definition) is 4. The van der Waals surface area contributed by atoms with Crippen molar-refractivity contribution in [3.05, 3.63) is 23.8 Å². The Morgan fingerprint density at radius 1 is 1.38 bits per heavy atom. The topological polar surface area (TPSA) is 62.1 Å². The second kappa shape index (κ2) is 5.87. The first-order valence-corrected chi connectivity index (χ1v) is 8.07. The standard InChI is InChI=1S/C15H23N3O2S/c1-10(17-21(19)15(2,3)4)11-7-8-13-12(9-11)14(20-6)16-18(13)5/h7-10,17H,1-6H3/t10?,21-/m1/s1. The zero-order valence-corrected chi connectivity index (χ0v) is 14.2. The molecule has 0 aliphatic heterocycles. The van der Waals surface area contributed by atoms with Gasteiger partial charge < -0.3 is 9.29 Å². The van der Waals surface area contributed by atoms with Crippen molar-refractivity contribution in [3.63, 3.8) is 0 Å². The summed E-state index contributed by atoms with van der Waals surface area (Å²) >= 11 is -1.11. The fraction of sp³-hybridized carbons (Fsp3) is 0.533. The Bertz CT molecular complexity index is 634. The van der Waals surface area contributed by atoms with Gasteiger partial charge in [0.05, 0.1) is 24.1 Å². The van der Waals surface area contributed by atoms with E-state index in [4.69, 9.17) is 4.74 Å². The van der Waals surface area contributed by atoms with Crippen LogP contribution in [0.1, 0.15) is 39.3 Å². The molecular formula is C15H23N3O2S. The van der Waals surface area contributed by atoms with Crippen molar-refractivity contribution < 1.29 is 9.29 Å². The Morgan fingerprint density at radius 2 is 2.05 bits per heavy atom. The molecule has 1 N–H and O–H groups in total. The Balaban J connectivity index is 2.30. The Kier molecular flexibility index (Phi) is 4.51. The van der Waals surface area contributed by atoms with Crippen LogP contribution in [0.3, 0.4) is 0 Å². The Hall–Kier alpha value is -1.24. The number of nitrogens with zero attached hydrogens (tertiary/aromatic N) is 2. The number of hydrogen-bond donors (Lipinski definition) is 1. The van der Waals surface area contributed by atoms with E-state index in [1.165, 1.54) is 0 Å².